The minimum absolute atomic E-state index is 0.230. The van der Waals surface area contributed by atoms with Gasteiger partial charge in [0, 0.05) is 0 Å². The summed E-state index contributed by atoms with van der Waals surface area (Å²) in [6.07, 6.45) is 0. The molecule has 2 heterocycles. The zero-order valence-electron chi connectivity index (χ0n) is 6.15. The van der Waals surface area contributed by atoms with E-state index in [4.69, 9.17) is 12.8 Å². The summed E-state index contributed by atoms with van der Waals surface area (Å²) in [4.78, 5) is 0. The molecule has 1 aromatic heterocycles. The maximum absolute atomic E-state index is 4.73. The van der Waals surface area contributed by atoms with E-state index in [0.717, 1.165) is 17.8 Å². The van der Waals surface area contributed by atoms with Crippen molar-refractivity contribution in [3.05, 3.63) is 0 Å². The molecule has 8 heteroatoms. The Labute approximate surface area is 81.2 Å². The first-order valence-electron chi connectivity index (χ1n) is 3.50. The molecule has 0 aliphatic carbocycles. The van der Waals surface area contributed by atoms with E-state index in [2.05, 4.69) is 26.0 Å². The van der Waals surface area contributed by atoms with Gasteiger partial charge in [-0.3, -0.25) is 0 Å². The second-order valence-electron chi connectivity index (χ2n) is 2.29. The number of hydrogen-bond donors (Lipinski definition) is 3. The Hall–Kier alpha value is -0.271. The first-order valence-corrected chi connectivity index (χ1v) is 5.71. The molecule has 0 saturated carbocycles. The van der Waals surface area contributed by atoms with Gasteiger partial charge in [0.25, 0.3) is 0 Å². The van der Waals surface area contributed by atoms with E-state index >= 15 is 0 Å². The van der Waals surface area contributed by atoms with Gasteiger partial charge >= 0.3 is 80.9 Å². The van der Waals surface area contributed by atoms with Crippen LogP contribution in [-0.4, -0.2) is 48.5 Å². The van der Waals surface area contributed by atoms with Gasteiger partial charge in [0.15, 0.2) is 0 Å². The van der Waals surface area contributed by atoms with Crippen LogP contribution >= 0.6 is 0 Å². The molecule has 2 rings (SSSR count). The first kappa shape index (κ1) is 8.33. The van der Waals surface area contributed by atoms with Crippen molar-refractivity contribution in [2.75, 3.05) is 13.1 Å². The van der Waals surface area contributed by atoms with Crippen LogP contribution in [-0.2, 0) is 12.8 Å². The van der Waals surface area contributed by atoms with Gasteiger partial charge in [-0.15, -0.1) is 0 Å². The normalized spacial score (nSPS) is 18.7. The average Bonchev–Trinajstić information content (AvgIpc) is 2.63. The third-order valence-electron chi connectivity index (χ3n) is 1.42. The second kappa shape index (κ2) is 3.63. The van der Waals surface area contributed by atoms with E-state index in [9.17, 15) is 0 Å². The number of aromatic nitrogens is 4. The third kappa shape index (κ3) is 1.90. The molecule has 0 spiro atoms. The number of aromatic amines is 1. The first-order chi connectivity index (χ1) is 5.84. The van der Waals surface area contributed by atoms with Crippen LogP contribution < -0.4 is 19.6 Å². The van der Waals surface area contributed by atoms with E-state index < -0.39 is 0 Å². The summed E-state index contributed by atoms with van der Waals surface area (Å²) in [5, 5.41) is 17.3. The molecular formula is C4H8N6SSe. The van der Waals surface area contributed by atoms with Crippen molar-refractivity contribution < 1.29 is 4.20 Å². The second-order valence-corrected chi connectivity index (χ2v) is 4.93. The van der Waals surface area contributed by atoms with Gasteiger partial charge in [-0.2, -0.15) is 0 Å². The molecule has 1 aliphatic heterocycles. The molecule has 66 valence electrons. The zero-order valence-corrected chi connectivity index (χ0v) is 8.68. The number of hydrogen-bond acceptors (Lipinski definition) is 5. The summed E-state index contributed by atoms with van der Waals surface area (Å²) >= 11 is 4.96. The predicted octanol–water partition coefficient (Wildman–Crippen LogP) is -3.79. The summed E-state index contributed by atoms with van der Waals surface area (Å²) in [6, 6.07) is 0. The molecule has 0 bridgehead atoms. The summed E-state index contributed by atoms with van der Waals surface area (Å²) in [5.41, 5.74) is 0. The van der Waals surface area contributed by atoms with Gasteiger partial charge in [0.1, 0.15) is 0 Å². The molecule has 0 atom stereocenters. The number of nitrogens with zero attached hydrogens (tertiary/aromatic N) is 3. The van der Waals surface area contributed by atoms with Crippen LogP contribution in [0, 0.1) is 0 Å². The van der Waals surface area contributed by atoms with Crippen molar-refractivity contribution in [3.8, 4) is 0 Å². The minimum atomic E-state index is 0.230. The number of tetrazole rings is 1. The quantitative estimate of drug-likeness (QED) is 0.286. The Kier molecular flexibility index (Phi) is 2.52. The van der Waals surface area contributed by atoms with Crippen molar-refractivity contribution in [2.24, 2.45) is 0 Å². The molecule has 0 amide bonds. The van der Waals surface area contributed by atoms with Crippen LogP contribution in [0.2, 0.25) is 0 Å². The summed E-state index contributed by atoms with van der Waals surface area (Å²) < 4.78 is 2.07. The van der Waals surface area contributed by atoms with Crippen molar-refractivity contribution >= 4 is 32.5 Å². The number of rotatable bonds is 2. The molecule has 0 radical (unpaired) electrons. The summed E-state index contributed by atoms with van der Waals surface area (Å²) in [6.45, 7) is 2.04. The molecule has 1 aliphatic rings. The van der Waals surface area contributed by atoms with Gasteiger partial charge in [-0.1, -0.05) is 0 Å². The topological polar surface area (TPSA) is 69.5 Å². The Morgan fingerprint density at radius 3 is 2.83 bits per heavy atom. The van der Waals surface area contributed by atoms with Crippen molar-refractivity contribution in [3.63, 3.8) is 0 Å². The molecular weight excluding hydrogens is 243 g/mol. The van der Waals surface area contributed by atoms with E-state index in [1.54, 1.807) is 0 Å². The Morgan fingerprint density at radius 2 is 2.25 bits per heavy atom. The monoisotopic (exact) mass is 252 g/mol. The van der Waals surface area contributed by atoms with E-state index in [1.807, 2.05) is 0 Å². The predicted molar refractivity (Wildman–Crippen MR) is 44.5 cm³/mol. The van der Waals surface area contributed by atoms with Gasteiger partial charge in [0.2, 0.25) is 0 Å². The average molecular weight is 251 g/mol. The van der Waals surface area contributed by atoms with Crippen molar-refractivity contribution in [1.29, 1.82) is 0 Å². The molecule has 3 N–H and O–H groups in total. The Morgan fingerprint density at radius 1 is 1.50 bits per heavy atom. The van der Waals surface area contributed by atoms with Crippen molar-refractivity contribution in [2.45, 2.75) is 5.06 Å². The Balaban J connectivity index is 1.94. The van der Waals surface area contributed by atoms with Gasteiger partial charge in [0.05, 0.1) is 0 Å². The summed E-state index contributed by atoms with van der Waals surface area (Å²) in [7, 11) is 0. The van der Waals surface area contributed by atoms with E-state index in [0.29, 0.717) is 5.06 Å². The van der Waals surface area contributed by atoms with E-state index in [-0.39, 0.29) is 15.0 Å². The molecule has 0 aromatic carbocycles. The van der Waals surface area contributed by atoms with E-state index in [1.165, 1.54) is 4.20 Å². The standard InChI is InChI=1S/C4H8N6SSe/c11-10-8-4(7-9-10)12-3-5-1-2-6-3/h3,5-6H,1-2H2,(H,7,8,9). The molecule has 1 fully saturated rings. The molecule has 1 saturated heterocycles. The fourth-order valence-corrected chi connectivity index (χ4v) is 2.96. The van der Waals surface area contributed by atoms with Crippen LogP contribution in [0.3, 0.4) is 0 Å². The number of H-pyrrole nitrogens is 1. The van der Waals surface area contributed by atoms with Crippen LogP contribution in [0.4, 0.5) is 0 Å². The summed E-state index contributed by atoms with van der Waals surface area (Å²) in [5.74, 6) is 0. The van der Waals surface area contributed by atoms with Crippen molar-refractivity contribution in [1.82, 2.24) is 26.0 Å². The third-order valence-corrected chi connectivity index (χ3v) is 3.61. The zero-order chi connectivity index (χ0) is 8.39. The molecule has 0 unspecified atom stereocenters. The van der Waals surface area contributed by atoms with Crippen LogP contribution in [0.25, 0.3) is 0 Å². The SMILES string of the molecule is [S-][n+]1nnc([Se]C2NCCN2)[nH]1. The van der Waals surface area contributed by atoms with Gasteiger partial charge in [-0.05, 0) is 0 Å². The van der Waals surface area contributed by atoms with Crippen LogP contribution in [0.1, 0.15) is 0 Å². The molecule has 12 heavy (non-hydrogen) atoms. The van der Waals surface area contributed by atoms with Gasteiger partial charge < -0.3 is 0 Å². The van der Waals surface area contributed by atoms with Gasteiger partial charge in [-0.25, -0.2) is 0 Å². The Bertz CT molecular complexity index is 258. The molecule has 1 aromatic rings. The fraction of sp³-hybridized carbons (Fsp3) is 0.750. The fourth-order valence-electron chi connectivity index (χ4n) is 0.931. The maximum atomic E-state index is 4.73. The molecule has 6 nitrogen and oxygen atoms in total. The van der Waals surface area contributed by atoms with Crippen LogP contribution in [0.5, 0.6) is 0 Å². The van der Waals surface area contributed by atoms with Crippen LogP contribution in [0.15, 0.2) is 0 Å². The number of nitrogens with one attached hydrogen (secondary N) is 3.